The number of imidazole rings is 2. The summed E-state index contributed by atoms with van der Waals surface area (Å²) in [5.41, 5.74) is 7.54. The number of likely N-dealkylation sites (tertiary alicyclic amines) is 2. The highest BCUT2D eigenvalue weighted by Gasteiger charge is 2.41. The Kier molecular flexibility index (Phi) is 11.5. The van der Waals surface area contributed by atoms with E-state index in [0.29, 0.717) is 63.6 Å². The summed E-state index contributed by atoms with van der Waals surface area (Å²) in [5.74, 6) is 0.833. The van der Waals surface area contributed by atoms with Gasteiger partial charge in [-0.2, -0.15) is 0 Å². The molecule has 2 aromatic heterocycles. The molecule has 5 aromatic rings. The zero-order chi connectivity index (χ0) is 41.9. The molecular weight excluding hydrogens is 765 g/mol. The molecule has 0 radical (unpaired) electrons. The molecule has 3 saturated heterocycles. The number of methoxy groups -OCH3 is 2. The minimum absolute atomic E-state index is 0.0675. The van der Waals surface area contributed by atoms with Crippen molar-refractivity contribution in [1.29, 1.82) is 0 Å². The molecule has 3 aromatic carbocycles. The van der Waals surface area contributed by atoms with Gasteiger partial charge in [-0.15, -0.1) is 0 Å². The van der Waals surface area contributed by atoms with Crippen LogP contribution in [0.15, 0.2) is 97.4 Å². The van der Waals surface area contributed by atoms with Crippen molar-refractivity contribution in [3.8, 4) is 33.6 Å². The van der Waals surface area contributed by atoms with Crippen molar-refractivity contribution >= 4 is 34.8 Å². The van der Waals surface area contributed by atoms with Crippen LogP contribution in [0.3, 0.4) is 0 Å². The lowest BCUT2D eigenvalue weighted by molar-refractivity contribution is -0.136. The van der Waals surface area contributed by atoms with E-state index in [0.717, 1.165) is 55.6 Å². The van der Waals surface area contributed by atoms with Gasteiger partial charge in [-0.3, -0.25) is 9.59 Å². The van der Waals surface area contributed by atoms with Crippen molar-refractivity contribution in [1.82, 2.24) is 40.4 Å². The van der Waals surface area contributed by atoms with E-state index in [9.17, 15) is 19.2 Å². The van der Waals surface area contributed by atoms with Gasteiger partial charge >= 0.3 is 12.2 Å². The summed E-state index contributed by atoms with van der Waals surface area (Å²) in [4.78, 5) is 70.5. The highest BCUT2D eigenvalue weighted by molar-refractivity contribution is 5.91. The van der Waals surface area contributed by atoms with Crippen molar-refractivity contribution in [2.45, 2.75) is 43.8 Å². The van der Waals surface area contributed by atoms with Crippen molar-refractivity contribution in [3.05, 3.63) is 109 Å². The molecule has 8 rings (SSSR count). The first kappa shape index (κ1) is 40.1. The third-order valence-corrected chi connectivity index (χ3v) is 11.6. The molecule has 3 aliphatic rings. The van der Waals surface area contributed by atoms with Crippen LogP contribution in [0.4, 0.5) is 9.59 Å². The van der Waals surface area contributed by atoms with Crippen LogP contribution in [0.5, 0.6) is 0 Å². The predicted octanol–water partition coefficient (Wildman–Crippen LogP) is 6.45. The number of nitrogens with zero attached hydrogens (tertiary/aromatic N) is 4. The van der Waals surface area contributed by atoms with Crippen molar-refractivity contribution in [2.24, 2.45) is 5.92 Å². The van der Waals surface area contributed by atoms with Gasteiger partial charge in [0.05, 0.1) is 50.1 Å². The minimum Gasteiger partial charge on any atom is -0.453 e. The zero-order valence-corrected chi connectivity index (χ0v) is 33.7. The summed E-state index contributed by atoms with van der Waals surface area (Å²) in [5, 5.41) is 7.40. The Hall–Kier alpha value is -6.74. The van der Waals surface area contributed by atoms with Crippen molar-refractivity contribution in [2.75, 3.05) is 47.1 Å². The molecule has 0 aliphatic carbocycles. The Morgan fingerprint density at radius 2 is 1.28 bits per heavy atom. The highest BCUT2D eigenvalue weighted by Crippen LogP contribution is 2.37. The van der Waals surface area contributed by atoms with Crippen LogP contribution in [0.25, 0.3) is 44.4 Å². The van der Waals surface area contributed by atoms with Gasteiger partial charge in [-0.05, 0) is 71.2 Å². The molecule has 0 unspecified atom stereocenters. The van der Waals surface area contributed by atoms with Gasteiger partial charge in [0.2, 0.25) is 11.8 Å². The first-order valence-electron chi connectivity index (χ1n) is 20.0. The van der Waals surface area contributed by atoms with Crippen LogP contribution < -0.4 is 10.6 Å². The molecule has 310 valence electrons. The van der Waals surface area contributed by atoms with E-state index in [4.69, 9.17) is 14.5 Å². The number of aromatic amines is 2. The smallest absolute Gasteiger partial charge is 0.407 e. The SMILES string of the molecule is C=C1C[C@@H](c2ncc(-c3ccc(-c4ccc5cc(-c6cnc([C@@H]7CC(=C)CN7C(=O)[C@@H](NC(=O)OC)C7CCOCC7)[nH]6)ccc5c4)cc3)[nH]2)N(C(=O)CNC(=O)OC)C1. The van der Waals surface area contributed by atoms with Gasteiger partial charge in [0, 0.05) is 31.9 Å². The van der Waals surface area contributed by atoms with Gasteiger partial charge in [0.25, 0.3) is 0 Å². The van der Waals surface area contributed by atoms with Crippen LogP contribution in [0.2, 0.25) is 0 Å². The second-order valence-corrected chi connectivity index (χ2v) is 15.6. The minimum atomic E-state index is -0.739. The van der Waals surface area contributed by atoms with Crippen molar-refractivity contribution in [3.63, 3.8) is 0 Å². The van der Waals surface area contributed by atoms with E-state index in [1.54, 1.807) is 22.2 Å². The molecule has 0 bridgehead atoms. The van der Waals surface area contributed by atoms with Gasteiger partial charge in [-0.25, -0.2) is 19.6 Å². The summed E-state index contributed by atoms with van der Waals surface area (Å²) in [7, 11) is 2.55. The molecule has 4 N–H and O–H groups in total. The van der Waals surface area contributed by atoms with E-state index in [-0.39, 0.29) is 36.4 Å². The van der Waals surface area contributed by atoms with Gasteiger partial charge < -0.3 is 44.6 Å². The number of nitrogens with one attached hydrogen (secondary N) is 4. The average Bonchev–Trinajstić information content (AvgIpc) is 4.11. The van der Waals surface area contributed by atoms with E-state index in [2.05, 4.69) is 92.0 Å². The van der Waals surface area contributed by atoms with Crippen LogP contribution in [-0.4, -0.2) is 107 Å². The van der Waals surface area contributed by atoms with Crippen LogP contribution in [0, 0.1) is 5.92 Å². The summed E-state index contributed by atoms with van der Waals surface area (Å²) < 4.78 is 15.0. The first-order chi connectivity index (χ1) is 29.1. The summed E-state index contributed by atoms with van der Waals surface area (Å²) in [6.07, 6.45) is 4.75. The fourth-order valence-corrected chi connectivity index (χ4v) is 8.44. The molecule has 0 spiro atoms. The number of hydrogen-bond acceptors (Lipinski definition) is 9. The Morgan fingerprint density at radius 3 is 1.92 bits per heavy atom. The maximum Gasteiger partial charge on any atom is 0.407 e. The molecule has 3 atom stereocenters. The predicted molar refractivity (Wildman–Crippen MR) is 224 cm³/mol. The van der Waals surface area contributed by atoms with Gasteiger partial charge in [-0.1, -0.05) is 72.8 Å². The monoisotopic (exact) mass is 812 g/mol. The second-order valence-electron chi connectivity index (χ2n) is 15.6. The Bertz CT molecular complexity index is 2450. The van der Waals surface area contributed by atoms with E-state index < -0.39 is 18.2 Å². The number of ether oxygens (including phenoxy) is 3. The number of H-pyrrole nitrogens is 2. The molecule has 3 fully saturated rings. The second kappa shape index (κ2) is 17.2. The molecule has 4 amide bonds. The zero-order valence-electron chi connectivity index (χ0n) is 33.7. The standard InChI is InChI=1S/C45H48N8O7/c1-26-17-37(52(24-26)39(54)23-48-44(56)58-3)41-46-21-35(49-41)29-7-5-28(6-8-29)31-9-10-33-20-34(12-11-32(33)19-31)36-22-47-42(50-36)38-18-27(2)25-53(38)43(55)40(51-45(57)59-4)30-13-15-60-16-14-30/h5-12,19-22,30,37-38,40H,1-2,13-18,23-25H2,3-4H3,(H,46,49)(H,47,50)(H,48,56)(H,51,57)/t37-,38-,40-/m0/s1. The molecular formula is C45H48N8O7. The van der Waals surface area contributed by atoms with Crippen molar-refractivity contribution < 1.29 is 33.4 Å². The summed E-state index contributed by atoms with van der Waals surface area (Å²) >= 11 is 0. The highest BCUT2D eigenvalue weighted by atomic mass is 16.5. The number of carbonyl (C=O) groups is 4. The van der Waals surface area contributed by atoms with E-state index >= 15 is 0 Å². The number of aromatic nitrogens is 4. The molecule has 15 heteroatoms. The van der Waals surface area contributed by atoms with Gasteiger partial charge in [0.15, 0.2) is 0 Å². The first-order valence-corrected chi connectivity index (χ1v) is 20.0. The maximum atomic E-state index is 14.1. The fourth-order valence-electron chi connectivity index (χ4n) is 8.44. The topological polar surface area (TPSA) is 184 Å². The number of benzene rings is 3. The Morgan fingerprint density at radius 1 is 0.750 bits per heavy atom. The molecule has 3 aliphatic heterocycles. The Labute approximate surface area is 347 Å². The number of alkyl carbamates (subject to hydrolysis) is 2. The molecule has 5 heterocycles. The van der Waals surface area contributed by atoms with Crippen LogP contribution in [0.1, 0.15) is 49.4 Å². The largest absolute Gasteiger partial charge is 0.453 e. The summed E-state index contributed by atoms with van der Waals surface area (Å²) in [6.45, 7) is 9.95. The van der Waals surface area contributed by atoms with Crippen LogP contribution in [-0.2, 0) is 23.8 Å². The van der Waals surface area contributed by atoms with Crippen LogP contribution >= 0.6 is 0 Å². The molecule has 0 saturated carbocycles. The summed E-state index contributed by atoms with van der Waals surface area (Å²) in [6, 6.07) is 19.5. The number of hydrogen-bond donors (Lipinski definition) is 4. The third kappa shape index (κ3) is 8.39. The lowest BCUT2D eigenvalue weighted by atomic mass is 9.90. The fraction of sp³-hybridized carbons (Fsp3) is 0.333. The average molecular weight is 813 g/mol. The molecule has 60 heavy (non-hydrogen) atoms. The van der Waals surface area contributed by atoms with E-state index in [1.807, 2.05) is 12.1 Å². The van der Waals surface area contributed by atoms with Gasteiger partial charge in [0.1, 0.15) is 24.2 Å². The number of rotatable bonds is 10. The normalized spacial score (nSPS) is 18.8. The number of fused-ring (bicyclic) bond motifs is 1. The lowest BCUT2D eigenvalue weighted by Gasteiger charge is -2.34. The third-order valence-electron chi connectivity index (χ3n) is 11.6. The number of carbonyl (C=O) groups excluding carboxylic acids is 4. The Balaban J connectivity index is 0.948. The molecule has 15 nitrogen and oxygen atoms in total. The quantitative estimate of drug-likeness (QED) is 0.115. The maximum absolute atomic E-state index is 14.1. The van der Waals surface area contributed by atoms with E-state index in [1.165, 1.54) is 14.2 Å². The number of amides is 4. The lowest BCUT2D eigenvalue weighted by Crippen LogP contribution is -2.53.